The van der Waals surface area contributed by atoms with Crippen molar-refractivity contribution in [3.05, 3.63) is 114 Å². The van der Waals surface area contributed by atoms with Gasteiger partial charge in [-0.25, -0.2) is 15.0 Å². The highest BCUT2D eigenvalue weighted by molar-refractivity contribution is 6.25. The van der Waals surface area contributed by atoms with Gasteiger partial charge in [0.2, 0.25) is 0 Å². The van der Waals surface area contributed by atoms with Crippen molar-refractivity contribution in [2.75, 3.05) is 0 Å². The summed E-state index contributed by atoms with van der Waals surface area (Å²) in [4.78, 5) is 14.1. The van der Waals surface area contributed by atoms with Crippen molar-refractivity contribution in [3.8, 4) is 11.1 Å². The van der Waals surface area contributed by atoms with Crippen molar-refractivity contribution in [1.82, 2.24) is 15.0 Å². The van der Waals surface area contributed by atoms with Gasteiger partial charge in [0, 0.05) is 18.8 Å². The molecule has 0 fully saturated rings. The minimum atomic E-state index is 0.0915. The molecule has 0 saturated heterocycles. The summed E-state index contributed by atoms with van der Waals surface area (Å²) in [6.45, 7) is 6.38. The van der Waals surface area contributed by atoms with Crippen LogP contribution in [0.25, 0.3) is 43.4 Å². The molecule has 3 heteroatoms. The van der Waals surface area contributed by atoms with E-state index >= 15 is 0 Å². The van der Waals surface area contributed by atoms with Crippen molar-refractivity contribution >= 4 is 32.3 Å². The maximum Gasteiger partial charge on any atom is 0.139 e. The van der Waals surface area contributed by atoms with Crippen molar-refractivity contribution < 1.29 is 0 Å². The zero-order chi connectivity index (χ0) is 24.6. The zero-order valence-corrected chi connectivity index (χ0v) is 21.0. The summed E-state index contributed by atoms with van der Waals surface area (Å²) in [6, 6.07) is 33.1. The zero-order valence-electron chi connectivity index (χ0n) is 21.0. The summed E-state index contributed by atoms with van der Waals surface area (Å²) in [6.07, 6.45) is 1.63. The molecule has 36 heavy (non-hydrogen) atoms. The summed E-state index contributed by atoms with van der Waals surface area (Å²) >= 11 is 0. The van der Waals surface area contributed by atoms with Gasteiger partial charge in [-0.3, -0.25) is 0 Å². The number of hydrogen-bond acceptors (Lipinski definition) is 3. The van der Waals surface area contributed by atoms with Crippen LogP contribution in [0.3, 0.4) is 0 Å². The van der Waals surface area contributed by atoms with Gasteiger partial charge in [-0.1, -0.05) is 106 Å². The lowest BCUT2D eigenvalue weighted by molar-refractivity contribution is 0.728. The fraction of sp³-hybridized carbons (Fsp3) is 0.182. The van der Waals surface area contributed by atoms with Crippen LogP contribution in [0.4, 0.5) is 0 Å². The van der Waals surface area contributed by atoms with Gasteiger partial charge in [-0.05, 0) is 55.1 Å². The molecule has 6 rings (SSSR count). The fourth-order valence-corrected chi connectivity index (χ4v) is 5.22. The van der Waals surface area contributed by atoms with Crippen LogP contribution in [-0.4, -0.2) is 15.0 Å². The van der Waals surface area contributed by atoms with E-state index < -0.39 is 0 Å². The number of nitrogens with zero attached hydrogens (tertiary/aromatic N) is 3. The molecule has 1 atom stereocenters. The molecule has 0 spiro atoms. The Labute approximate surface area is 211 Å². The molecule has 0 bridgehead atoms. The van der Waals surface area contributed by atoms with Crippen molar-refractivity contribution in [1.29, 1.82) is 0 Å². The first-order valence-corrected chi connectivity index (χ1v) is 12.8. The molecule has 0 amide bonds. The third-order valence-corrected chi connectivity index (χ3v) is 7.23. The third-order valence-electron chi connectivity index (χ3n) is 7.23. The van der Waals surface area contributed by atoms with E-state index in [0.717, 1.165) is 30.3 Å². The molecule has 0 radical (unpaired) electrons. The molecule has 3 nitrogen and oxygen atoms in total. The molecule has 176 valence electrons. The first kappa shape index (κ1) is 22.4. The van der Waals surface area contributed by atoms with E-state index in [1.54, 1.807) is 0 Å². The Balaban J connectivity index is 1.48. The predicted molar refractivity (Wildman–Crippen MR) is 150 cm³/mol. The van der Waals surface area contributed by atoms with Gasteiger partial charge in [-0.2, -0.15) is 0 Å². The lowest BCUT2D eigenvalue weighted by Crippen LogP contribution is -2.10. The molecule has 1 aromatic heterocycles. The van der Waals surface area contributed by atoms with Gasteiger partial charge in [-0.15, -0.1) is 0 Å². The number of aryl methyl sites for hydroxylation is 2. The highest BCUT2D eigenvalue weighted by Gasteiger charge is 2.16. The summed E-state index contributed by atoms with van der Waals surface area (Å²) in [7, 11) is 0. The first-order chi connectivity index (χ1) is 17.7. The molecule has 1 heterocycles. The lowest BCUT2D eigenvalue weighted by atomic mass is 9.91. The quantitative estimate of drug-likeness (QED) is 0.239. The van der Waals surface area contributed by atoms with Gasteiger partial charge in [0.05, 0.1) is 0 Å². The average Bonchev–Trinajstić information content (AvgIpc) is 2.96. The average molecular weight is 468 g/mol. The monoisotopic (exact) mass is 467 g/mol. The van der Waals surface area contributed by atoms with Gasteiger partial charge in [0.1, 0.15) is 17.5 Å². The maximum atomic E-state index is 4.76. The Morgan fingerprint density at radius 3 is 1.64 bits per heavy atom. The van der Waals surface area contributed by atoms with Gasteiger partial charge in [0.25, 0.3) is 0 Å². The predicted octanol–water partition coefficient (Wildman–Crippen LogP) is 8.27. The van der Waals surface area contributed by atoms with E-state index in [1.165, 1.54) is 49.0 Å². The van der Waals surface area contributed by atoms with Crippen molar-refractivity contribution in [2.45, 2.75) is 39.5 Å². The maximum absolute atomic E-state index is 4.76. The standard InChI is InChI=1S/C33H29N3/c1-4-31-34-32(5-2)36-33(35-31)21(3)22-11-10-12-23(19-22)24-17-18-29-27-15-7-6-13-25(27)26-14-8-9-16-28(26)30(29)20-24/h6-21H,4-5H2,1-3H3. The van der Waals surface area contributed by atoms with Gasteiger partial charge in [0.15, 0.2) is 0 Å². The highest BCUT2D eigenvalue weighted by atomic mass is 15.0. The van der Waals surface area contributed by atoms with Crippen molar-refractivity contribution in [2.24, 2.45) is 0 Å². The van der Waals surface area contributed by atoms with E-state index in [2.05, 4.69) is 117 Å². The second kappa shape index (κ2) is 9.16. The van der Waals surface area contributed by atoms with Crippen LogP contribution in [0.2, 0.25) is 0 Å². The van der Waals surface area contributed by atoms with E-state index in [9.17, 15) is 0 Å². The smallest absolute Gasteiger partial charge is 0.139 e. The van der Waals surface area contributed by atoms with Crippen LogP contribution in [0.1, 0.15) is 49.7 Å². The van der Waals surface area contributed by atoms with Crippen LogP contribution in [0, 0.1) is 0 Å². The minimum Gasteiger partial charge on any atom is -0.218 e. The highest BCUT2D eigenvalue weighted by Crippen LogP contribution is 2.37. The third kappa shape index (κ3) is 3.81. The van der Waals surface area contributed by atoms with Crippen LogP contribution in [0.15, 0.2) is 91.0 Å². The molecule has 5 aromatic carbocycles. The second-order valence-corrected chi connectivity index (χ2v) is 9.43. The number of benzene rings is 5. The van der Waals surface area contributed by atoms with E-state index in [4.69, 9.17) is 9.97 Å². The Morgan fingerprint density at radius 1 is 0.528 bits per heavy atom. The van der Waals surface area contributed by atoms with Crippen LogP contribution >= 0.6 is 0 Å². The molecule has 0 aliphatic rings. The molecule has 0 saturated carbocycles. The SMILES string of the molecule is CCc1nc(CC)nc(C(C)c2cccc(-c3ccc4c5ccccc5c5ccccc5c4c3)c2)n1. The van der Waals surface area contributed by atoms with E-state index in [0.29, 0.717) is 0 Å². The Morgan fingerprint density at radius 2 is 1.06 bits per heavy atom. The van der Waals surface area contributed by atoms with E-state index in [-0.39, 0.29) is 5.92 Å². The van der Waals surface area contributed by atoms with Gasteiger partial charge >= 0.3 is 0 Å². The molecular formula is C33H29N3. The molecule has 6 aromatic rings. The molecule has 0 N–H and O–H groups in total. The summed E-state index contributed by atoms with van der Waals surface area (Å²) in [5, 5.41) is 7.78. The number of fused-ring (bicyclic) bond motifs is 6. The Kier molecular flexibility index (Phi) is 5.69. The number of rotatable bonds is 5. The lowest BCUT2D eigenvalue weighted by Gasteiger charge is -2.15. The molecular weight excluding hydrogens is 438 g/mol. The normalized spacial score (nSPS) is 12.4. The van der Waals surface area contributed by atoms with Crippen LogP contribution < -0.4 is 0 Å². The summed E-state index contributed by atoms with van der Waals surface area (Å²) < 4.78 is 0. The fourth-order valence-electron chi connectivity index (χ4n) is 5.22. The number of hydrogen-bond donors (Lipinski definition) is 0. The molecule has 0 aliphatic heterocycles. The van der Waals surface area contributed by atoms with Gasteiger partial charge < -0.3 is 0 Å². The Hall–Kier alpha value is -4.11. The van der Waals surface area contributed by atoms with Crippen LogP contribution in [0.5, 0.6) is 0 Å². The first-order valence-electron chi connectivity index (χ1n) is 12.8. The van der Waals surface area contributed by atoms with Crippen molar-refractivity contribution in [3.63, 3.8) is 0 Å². The summed E-state index contributed by atoms with van der Waals surface area (Å²) in [5.74, 6) is 2.68. The Bertz CT molecular complexity index is 1680. The minimum absolute atomic E-state index is 0.0915. The topological polar surface area (TPSA) is 38.7 Å². The second-order valence-electron chi connectivity index (χ2n) is 9.43. The van der Waals surface area contributed by atoms with E-state index in [1.807, 2.05) is 0 Å². The number of aromatic nitrogens is 3. The molecule has 1 unspecified atom stereocenters. The van der Waals surface area contributed by atoms with Crippen LogP contribution in [-0.2, 0) is 12.8 Å². The largest absolute Gasteiger partial charge is 0.218 e. The molecule has 0 aliphatic carbocycles. The summed E-state index contributed by atoms with van der Waals surface area (Å²) in [5.41, 5.74) is 3.64.